The molecule has 0 saturated carbocycles. The van der Waals surface area contributed by atoms with E-state index in [9.17, 15) is 0 Å². The van der Waals surface area contributed by atoms with Crippen LogP contribution in [-0.2, 0) is 13.6 Å². The first-order valence-electron chi connectivity index (χ1n) is 6.52. The van der Waals surface area contributed by atoms with Gasteiger partial charge in [-0.25, -0.2) is 4.98 Å². The lowest BCUT2D eigenvalue weighted by atomic mass is 10.1. The third kappa shape index (κ3) is 2.09. The number of nitrogens with zero attached hydrogens (tertiary/aromatic N) is 2. The Morgan fingerprint density at radius 2 is 2.00 bits per heavy atom. The summed E-state index contributed by atoms with van der Waals surface area (Å²) in [5.74, 6) is 0.913. The lowest BCUT2D eigenvalue weighted by Crippen LogP contribution is -1.97. The summed E-state index contributed by atoms with van der Waals surface area (Å²) >= 11 is 6.21. The summed E-state index contributed by atoms with van der Waals surface area (Å²) < 4.78 is 2.08. The molecule has 0 saturated heterocycles. The molecule has 2 aromatic carbocycles. The molecular formula is C16H16ClN3. The maximum absolute atomic E-state index is 6.21. The van der Waals surface area contributed by atoms with E-state index in [0.29, 0.717) is 6.54 Å². The van der Waals surface area contributed by atoms with Crippen molar-refractivity contribution in [3.05, 3.63) is 52.5 Å². The molecule has 0 radical (unpaired) electrons. The van der Waals surface area contributed by atoms with Crippen molar-refractivity contribution in [1.82, 2.24) is 9.55 Å². The average Bonchev–Trinajstić information content (AvgIpc) is 2.79. The number of rotatable bonds is 2. The predicted octanol–water partition coefficient (Wildman–Crippen LogP) is 3.66. The maximum atomic E-state index is 6.21. The molecule has 0 atom stereocenters. The molecule has 1 aromatic heterocycles. The first-order chi connectivity index (χ1) is 9.60. The van der Waals surface area contributed by atoms with E-state index in [-0.39, 0.29) is 0 Å². The van der Waals surface area contributed by atoms with Crippen molar-refractivity contribution in [1.29, 1.82) is 0 Å². The maximum Gasteiger partial charge on any atom is 0.140 e. The number of imidazole rings is 1. The largest absolute Gasteiger partial charge is 0.327 e. The van der Waals surface area contributed by atoms with Gasteiger partial charge in [0.2, 0.25) is 0 Å². The van der Waals surface area contributed by atoms with Crippen LogP contribution in [0.15, 0.2) is 36.4 Å². The normalized spacial score (nSPS) is 11.2. The van der Waals surface area contributed by atoms with E-state index >= 15 is 0 Å². The monoisotopic (exact) mass is 285 g/mol. The summed E-state index contributed by atoms with van der Waals surface area (Å²) in [6.07, 6.45) is 0. The molecule has 4 heteroatoms. The van der Waals surface area contributed by atoms with Gasteiger partial charge < -0.3 is 10.3 Å². The summed E-state index contributed by atoms with van der Waals surface area (Å²) in [6, 6.07) is 12.1. The van der Waals surface area contributed by atoms with Crippen molar-refractivity contribution in [2.24, 2.45) is 12.8 Å². The fourth-order valence-corrected chi connectivity index (χ4v) is 2.53. The summed E-state index contributed by atoms with van der Waals surface area (Å²) in [5, 5.41) is 0.761. The number of hydrogen-bond donors (Lipinski definition) is 1. The second-order valence-corrected chi connectivity index (χ2v) is 5.39. The number of fused-ring (bicyclic) bond motifs is 1. The van der Waals surface area contributed by atoms with Gasteiger partial charge in [-0.1, -0.05) is 29.8 Å². The number of aromatic nitrogens is 2. The van der Waals surface area contributed by atoms with Crippen molar-refractivity contribution < 1.29 is 0 Å². The number of nitrogens with two attached hydrogens (primary N) is 1. The summed E-state index contributed by atoms with van der Waals surface area (Å²) in [5.41, 5.74) is 10.9. The van der Waals surface area contributed by atoms with Gasteiger partial charge >= 0.3 is 0 Å². The zero-order valence-corrected chi connectivity index (χ0v) is 12.3. The minimum Gasteiger partial charge on any atom is -0.327 e. The highest BCUT2D eigenvalue weighted by Gasteiger charge is 2.11. The fraction of sp³-hybridized carbons (Fsp3) is 0.188. The first kappa shape index (κ1) is 13.2. The highest BCUT2D eigenvalue weighted by atomic mass is 35.5. The molecule has 1 heterocycles. The molecule has 0 unspecified atom stereocenters. The molecule has 0 aliphatic rings. The van der Waals surface area contributed by atoms with Gasteiger partial charge in [-0.15, -0.1) is 0 Å². The van der Waals surface area contributed by atoms with E-state index in [1.165, 1.54) is 0 Å². The second kappa shape index (κ2) is 4.93. The van der Waals surface area contributed by atoms with E-state index < -0.39 is 0 Å². The van der Waals surface area contributed by atoms with Crippen molar-refractivity contribution in [3.8, 4) is 11.4 Å². The SMILES string of the molecule is Cc1ccc(-c2nc3ccc(CN)cc3n2C)cc1Cl. The molecule has 20 heavy (non-hydrogen) atoms. The van der Waals surface area contributed by atoms with Crippen LogP contribution in [0.3, 0.4) is 0 Å². The average molecular weight is 286 g/mol. The summed E-state index contributed by atoms with van der Waals surface area (Å²) in [7, 11) is 2.01. The second-order valence-electron chi connectivity index (χ2n) is 4.99. The number of hydrogen-bond acceptors (Lipinski definition) is 2. The minimum absolute atomic E-state index is 0.535. The van der Waals surface area contributed by atoms with Crippen molar-refractivity contribution in [2.75, 3.05) is 0 Å². The third-order valence-corrected chi connectivity index (χ3v) is 4.02. The standard InChI is InChI=1S/C16H16ClN3/c1-10-3-5-12(8-13(10)17)16-19-14-6-4-11(9-18)7-15(14)20(16)2/h3-8H,9,18H2,1-2H3. The van der Waals surface area contributed by atoms with Crippen LogP contribution in [0.5, 0.6) is 0 Å². The smallest absolute Gasteiger partial charge is 0.140 e. The Morgan fingerprint density at radius 3 is 2.70 bits per heavy atom. The highest BCUT2D eigenvalue weighted by molar-refractivity contribution is 6.31. The van der Waals surface area contributed by atoms with Crippen LogP contribution >= 0.6 is 11.6 Å². The van der Waals surface area contributed by atoms with Gasteiger partial charge in [-0.3, -0.25) is 0 Å². The van der Waals surface area contributed by atoms with Gasteiger partial charge in [-0.05, 0) is 36.2 Å². The Hall–Kier alpha value is -1.84. The van der Waals surface area contributed by atoms with Crippen molar-refractivity contribution in [3.63, 3.8) is 0 Å². The Balaban J connectivity index is 2.21. The van der Waals surface area contributed by atoms with Crippen LogP contribution in [0.25, 0.3) is 22.4 Å². The Morgan fingerprint density at radius 1 is 1.20 bits per heavy atom. The van der Waals surface area contributed by atoms with E-state index in [2.05, 4.69) is 10.6 Å². The summed E-state index contributed by atoms with van der Waals surface area (Å²) in [6.45, 7) is 2.53. The molecule has 0 amide bonds. The van der Waals surface area contributed by atoms with Gasteiger partial charge in [-0.2, -0.15) is 0 Å². The molecule has 0 fully saturated rings. The van der Waals surface area contributed by atoms with Crippen LogP contribution in [-0.4, -0.2) is 9.55 Å². The topological polar surface area (TPSA) is 43.8 Å². The van der Waals surface area contributed by atoms with Gasteiger partial charge in [0.15, 0.2) is 0 Å². The Bertz CT molecular complexity index is 790. The van der Waals surface area contributed by atoms with Crippen molar-refractivity contribution >= 4 is 22.6 Å². The summed E-state index contributed by atoms with van der Waals surface area (Å²) in [4.78, 5) is 4.69. The minimum atomic E-state index is 0.535. The molecule has 3 rings (SSSR count). The molecule has 0 spiro atoms. The van der Waals surface area contributed by atoms with Gasteiger partial charge in [0.05, 0.1) is 11.0 Å². The van der Waals surface area contributed by atoms with Crippen LogP contribution in [0.2, 0.25) is 5.02 Å². The van der Waals surface area contributed by atoms with Crippen LogP contribution in [0.4, 0.5) is 0 Å². The molecule has 3 nitrogen and oxygen atoms in total. The van der Waals surface area contributed by atoms with E-state index in [1.807, 2.05) is 44.3 Å². The van der Waals surface area contributed by atoms with Gasteiger partial charge in [0.1, 0.15) is 5.82 Å². The van der Waals surface area contributed by atoms with E-state index in [0.717, 1.165) is 38.6 Å². The molecule has 2 N–H and O–H groups in total. The molecule has 0 aliphatic heterocycles. The lowest BCUT2D eigenvalue weighted by Gasteiger charge is -2.05. The zero-order valence-electron chi connectivity index (χ0n) is 11.5. The zero-order chi connectivity index (χ0) is 14.3. The molecule has 102 valence electrons. The number of aryl methyl sites for hydroxylation is 2. The van der Waals surface area contributed by atoms with E-state index in [4.69, 9.17) is 22.3 Å². The van der Waals surface area contributed by atoms with Crippen molar-refractivity contribution in [2.45, 2.75) is 13.5 Å². The first-order valence-corrected chi connectivity index (χ1v) is 6.90. The number of halogens is 1. The van der Waals surface area contributed by atoms with E-state index in [1.54, 1.807) is 0 Å². The highest BCUT2D eigenvalue weighted by Crippen LogP contribution is 2.27. The lowest BCUT2D eigenvalue weighted by molar-refractivity contribution is 0.956. The van der Waals surface area contributed by atoms with Crippen LogP contribution in [0.1, 0.15) is 11.1 Å². The number of benzene rings is 2. The van der Waals surface area contributed by atoms with Crippen LogP contribution in [0, 0.1) is 6.92 Å². The predicted molar refractivity (Wildman–Crippen MR) is 83.8 cm³/mol. The van der Waals surface area contributed by atoms with Gasteiger partial charge in [0.25, 0.3) is 0 Å². The molecular weight excluding hydrogens is 270 g/mol. The Labute approximate surface area is 123 Å². The van der Waals surface area contributed by atoms with Crippen LogP contribution < -0.4 is 5.73 Å². The third-order valence-electron chi connectivity index (χ3n) is 3.61. The fourth-order valence-electron chi connectivity index (χ4n) is 2.35. The molecule has 0 aliphatic carbocycles. The molecule has 3 aromatic rings. The molecule has 0 bridgehead atoms. The Kier molecular flexibility index (Phi) is 3.24. The van der Waals surface area contributed by atoms with Gasteiger partial charge in [0, 0.05) is 24.2 Å². The quantitative estimate of drug-likeness (QED) is 0.781.